The van der Waals surface area contributed by atoms with Crippen LogP contribution >= 0.6 is 0 Å². The smallest absolute Gasteiger partial charge is 0.234 e. The molecule has 0 unspecified atom stereocenters. The minimum absolute atomic E-state index is 0.0151. The van der Waals surface area contributed by atoms with E-state index < -0.39 is 5.60 Å². The molecule has 1 amide bonds. The highest BCUT2D eigenvalue weighted by Crippen LogP contribution is 2.17. The van der Waals surface area contributed by atoms with E-state index in [4.69, 9.17) is 4.74 Å². The maximum atomic E-state index is 12.4. The summed E-state index contributed by atoms with van der Waals surface area (Å²) in [5, 5.41) is 14.0. The summed E-state index contributed by atoms with van der Waals surface area (Å²) in [6.07, 6.45) is 2.39. The van der Waals surface area contributed by atoms with Crippen LogP contribution in [0.5, 0.6) is 0 Å². The largest absolute Gasteiger partial charge is 0.385 e. The Morgan fingerprint density at radius 3 is 2.77 bits per heavy atom. The van der Waals surface area contributed by atoms with Gasteiger partial charge in [0.15, 0.2) is 0 Å². The second kappa shape index (κ2) is 8.95. The van der Waals surface area contributed by atoms with E-state index in [1.165, 1.54) is 18.4 Å². The van der Waals surface area contributed by atoms with Gasteiger partial charge in [0.2, 0.25) is 5.91 Å². The van der Waals surface area contributed by atoms with Crippen molar-refractivity contribution >= 4 is 5.91 Å². The van der Waals surface area contributed by atoms with Gasteiger partial charge in [0, 0.05) is 26.2 Å². The first kappa shape index (κ1) is 19.3. The average Bonchev–Trinajstić information content (AvgIpc) is 3.03. The van der Waals surface area contributed by atoms with Crippen LogP contribution in [-0.2, 0) is 16.1 Å². The predicted octanol–water partition coefficient (Wildman–Crippen LogP) is 0.770. The zero-order valence-electron chi connectivity index (χ0n) is 15.7. The number of likely N-dealkylation sites (tertiary alicyclic amines) is 1. The Balaban J connectivity index is 1.50. The third-order valence-electron chi connectivity index (χ3n) is 5.26. The van der Waals surface area contributed by atoms with Crippen LogP contribution in [0.15, 0.2) is 24.3 Å². The Labute approximate surface area is 156 Å². The first-order valence-corrected chi connectivity index (χ1v) is 9.60. The molecule has 0 saturated carbocycles. The van der Waals surface area contributed by atoms with Gasteiger partial charge in [0.05, 0.1) is 19.8 Å². The minimum Gasteiger partial charge on any atom is -0.385 e. The van der Waals surface area contributed by atoms with E-state index in [0.29, 0.717) is 39.4 Å². The number of ether oxygens (including phenoxy) is 1. The molecule has 2 aliphatic heterocycles. The maximum Gasteiger partial charge on any atom is 0.234 e. The number of aliphatic hydroxyl groups is 1. The van der Waals surface area contributed by atoms with Gasteiger partial charge in [0.1, 0.15) is 5.60 Å². The van der Waals surface area contributed by atoms with Crippen molar-refractivity contribution in [2.75, 3.05) is 52.5 Å². The van der Waals surface area contributed by atoms with E-state index in [2.05, 4.69) is 10.2 Å². The molecule has 2 aliphatic rings. The highest BCUT2D eigenvalue weighted by atomic mass is 16.5. The number of nitrogens with zero attached hydrogens (tertiary/aromatic N) is 2. The summed E-state index contributed by atoms with van der Waals surface area (Å²) in [5.41, 5.74) is 1.40. The number of benzene rings is 1. The Morgan fingerprint density at radius 1 is 1.23 bits per heavy atom. The van der Waals surface area contributed by atoms with Crippen LogP contribution in [0.25, 0.3) is 0 Å². The van der Waals surface area contributed by atoms with E-state index in [-0.39, 0.29) is 12.5 Å². The lowest BCUT2D eigenvalue weighted by molar-refractivity contribution is -0.123. The van der Waals surface area contributed by atoms with E-state index in [1.807, 2.05) is 36.1 Å². The average molecular weight is 361 g/mol. The number of rotatable bonds is 6. The zero-order chi connectivity index (χ0) is 18.4. The van der Waals surface area contributed by atoms with E-state index >= 15 is 0 Å². The van der Waals surface area contributed by atoms with Crippen molar-refractivity contribution in [3.05, 3.63) is 35.4 Å². The quantitative estimate of drug-likeness (QED) is 0.784. The molecule has 0 aliphatic carbocycles. The molecule has 0 radical (unpaired) electrons. The topological polar surface area (TPSA) is 65.0 Å². The van der Waals surface area contributed by atoms with E-state index in [0.717, 1.165) is 18.7 Å². The number of β-amino-alcohol motifs (C(OH)–C–C–N with tert-alkyl or cyclic N) is 1. The fourth-order valence-electron chi connectivity index (χ4n) is 3.85. The fourth-order valence-corrected chi connectivity index (χ4v) is 3.85. The van der Waals surface area contributed by atoms with Crippen molar-refractivity contribution in [2.45, 2.75) is 31.9 Å². The third kappa shape index (κ3) is 5.51. The molecule has 2 N–H and O–H groups in total. The van der Waals surface area contributed by atoms with Crippen molar-refractivity contribution in [2.24, 2.45) is 0 Å². The number of amides is 1. The highest BCUT2D eigenvalue weighted by Gasteiger charge is 2.35. The lowest BCUT2D eigenvalue weighted by Crippen LogP contribution is -2.53. The van der Waals surface area contributed by atoms with Crippen LogP contribution < -0.4 is 5.32 Å². The molecule has 1 aromatic carbocycles. The fraction of sp³-hybridized carbons (Fsp3) is 0.650. The number of nitrogens with one attached hydrogen (secondary N) is 1. The van der Waals surface area contributed by atoms with Gasteiger partial charge in [-0.2, -0.15) is 0 Å². The summed E-state index contributed by atoms with van der Waals surface area (Å²) in [6.45, 7) is 7.60. The van der Waals surface area contributed by atoms with Crippen LogP contribution in [0.1, 0.15) is 24.0 Å². The Kier molecular flexibility index (Phi) is 6.64. The summed E-state index contributed by atoms with van der Waals surface area (Å²) >= 11 is 0. The molecule has 2 saturated heterocycles. The molecule has 6 heteroatoms. The lowest BCUT2D eigenvalue weighted by Gasteiger charge is -2.33. The zero-order valence-corrected chi connectivity index (χ0v) is 15.7. The van der Waals surface area contributed by atoms with Crippen molar-refractivity contribution in [1.29, 1.82) is 0 Å². The molecular weight excluding hydrogens is 330 g/mol. The Hall–Kier alpha value is -1.47. The Bertz CT molecular complexity index is 604. The summed E-state index contributed by atoms with van der Waals surface area (Å²) < 4.78 is 5.63. The molecule has 1 aromatic rings. The van der Waals surface area contributed by atoms with Gasteiger partial charge in [-0.05, 0) is 44.0 Å². The van der Waals surface area contributed by atoms with Crippen LogP contribution in [0.2, 0.25) is 0 Å². The second-order valence-electron chi connectivity index (χ2n) is 7.67. The van der Waals surface area contributed by atoms with Crippen molar-refractivity contribution in [3.8, 4) is 0 Å². The van der Waals surface area contributed by atoms with Crippen LogP contribution in [0.3, 0.4) is 0 Å². The first-order chi connectivity index (χ1) is 12.5. The van der Waals surface area contributed by atoms with Crippen molar-refractivity contribution in [1.82, 2.24) is 15.1 Å². The summed E-state index contributed by atoms with van der Waals surface area (Å²) in [5.74, 6) is -0.0151. The molecule has 3 rings (SSSR count). The second-order valence-corrected chi connectivity index (χ2v) is 7.67. The van der Waals surface area contributed by atoms with Crippen LogP contribution in [0.4, 0.5) is 0 Å². The SMILES string of the molecule is Cc1ccccc1CNC(=O)CN1CCOC[C@](O)(CN2CCCC2)C1. The standard InChI is InChI=1S/C20H31N3O3/c1-17-6-2-3-7-18(17)12-21-19(24)13-23-10-11-26-16-20(25,15-23)14-22-8-4-5-9-22/h2-3,6-7,25H,4-5,8-16H2,1H3,(H,21,24)/t20-/m0/s1. The van der Waals surface area contributed by atoms with Gasteiger partial charge in [-0.15, -0.1) is 0 Å². The number of carbonyl (C=O) groups is 1. The number of aryl methyl sites for hydroxylation is 1. The first-order valence-electron chi connectivity index (χ1n) is 9.60. The monoisotopic (exact) mass is 361 g/mol. The molecule has 2 fully saturated rings. The lowest BCUT2D eigenvalue weighted by atomic mass is 10.0. The van der Waals surface area contributed by atoms with Crippen molar-refractivity contribution < 1.29 is 14.6 Å². The molecule has 6 nitrogen and oxygen atoms in total. The molecule has 2 heterocycles. The normalized spacial score (nSPS) is 25.2. The van der Waals surface area contributed by atoms with Gasteiger partial charge >= 0.3 is 0 Å². The van der Waals surface area contributed by atoms with Gasteiger partial charge in [-0.1, -0.05) is 24.3 Å². The summed E-state index contributed by atoms with van der Waals surface area (Å²) in [6, 6.07) is 8.06. The Morgan fingerprint density at radius 2 is 2.00 bits per heavy atom. The van der Waals surface area contributed by atoms with Gasteiger partial charge in [-0.25, -0.2) is 0 Å². The van der Waals surface area contributed by atoms with Gasteiger partial charge in [0.25, 0.3) is 0 Å². The molecule has 0 bridgehead atoms. The number of hydrogen-bond donors (Lipinski definition) is 2. The predicted molar refractivity (Wildman–Crippen MR) is 101 cm³/mol. The molecular formula is C20H31N3O3. The van der Waals surface area contributed by atoms with Gasteiger partial charge < -0.3 is 20.1 Å². The molecule has 0 aromatic heterocycles. The minimum atomic E-state index is -0.906. The summed E-state index contributed by atoms with van der Waals surface area (Å²) in [4.78, 5) is 16.7. The number of hydrogen-bond acceptors (Lipinski definition) is 5. The molecule has 1 atom stereocenters. The van der Waals surface area contributed by atoms with Crippen LogP contribution in [0, 0.1) is 6.92 Å². The van der Waals surface area contributed by atoms with Crippen molar-refractivity contribution in [3.63, 3.8) is 0 Å². The van der Waals surface area contributed by atoms with E-state index in [1.54, 1.807) is 0 Å². The molecule has 26 heavy (non-hydrogen) atoms. The molecule has 0 spiro atoms. The maximum absolute atomic E-state index is 12.4. The third-order valence-corrected chi connectivity index (χ3v) is 5.26. The van der Waals surface area contributed by atoms with E-state index in [9.17, 15) is 9.90 Å². The van der Waals surface area contributed by atoms with Crippen LogP contribution in [-0.4, -0.2) is 78.9 Å². The van der Waals surface area contributed by atoms with Gasteiger partial charge in [-0.3, -0.25) is 9.69 Å². The highest BCUT2D eigenvalue weighted by molar-refractivity contribution is 5.78. The summed E-state index contributed by atoms with van der Waals surface area (Å²) in [7, 11) is 0. The number of carbonyl (C=O) groups excluding carboxylic acids is 1. The molecule has 144 valence electrons.